The van der Waals surface area contributed by atoms with E-state index in [4.69, 9.17) is 4.98 Å². The van der Waals surface area contributed by atoms with E-state index in [0.29, 0.717) is 16.2 Å². The molecule has 4 rings (SSSR count). The minimum absolute atomic E-state index is 0.403. The molecule has 0 aliphatic rings. The molecule has 1 aromatic carbocycles. The lowest BCUT2D eigenvalue weighted by atomic mass is 10.1. The molecular weight excluding hydrogens is 420 g/mol. The van der Waals surface area contributed by atoms with Crippen molar-refractivity contribution in [1.29, 1.82) is 5.26 Å². The number of thioether (sulfide) groups is 1. The van der Waals surface area contributed by atoms with Gasteiger partial charge >= 0.3 is 5.97 Å². The zero-order chi connectivity index (χ0) is 20.2. The Hall–Kier alpha value is -2.92. The van der Waals surface area contributed by atoms with Gasteiger partial charge in [0.25, 0.3) is 0 Å². The highest BCUT2D eigenvalue weighted by atomic mass is 32.2. The lowest BCUT2D eigenvalue weighted by Gasteiger charge is -2.15. The number of rotatable bonds is 6. The Morgan fingerprint density at radius 3 is 2.31 bits per heavy atom. The summed E-state index contributed by atoms with van der Waals surface area (Å²) in [6.07, 6.45) is 0. The van der Waals surface area contributed by atoms with Crippen molar-refractivity contribution in [1.82, 2.24) is 4.98 Å². The van der Waals surface area contributed by atoms with Crippen LogP contribution in [0.4, 0.5) is 0 Å². The Balaban J connectivity index is 1.87. The summed E-state index contributed by atoms with van der Waals surface area (Å²) in [6, 6.07) is 21.0. The van der Waals surface area contributed by atoms with Crippen LogP contribution in [0, 0.1) is 11.3 Å². The molecule has 0 amide bonds. The van der Waals surface area contributed by atoms with Crippen molar-refractivity contribution in [3.05, 3.63) is 82.6 Å². The summed E-state index contributed by atoms with van der Waals surface area (Å²) >= 11 is 4.20. The van der Waals surface area contributed by atoms with Crippen molar-refractivity contribution in [3.63, 3.8) is 0 Å². The number of nitriles is 1. The molecule has 0 saturated heterocycles. The number of aliphatic carboxylic acids is 1. The molecule has 1 atom stereocenters. The molecule has 3 aromatic heterocycles. The van der Waals surface area contributed by atoms with Gasteiger partial charge in [0, 0.05) is 10.4 Å². The molecule has 29 heavy (non-hydrogen) atoms. The third kappa shape index (κ3) is 4.10. The molecule has 0 bridgehead atoms. The third-order valence-electron chi connectivity index (χ3n) is 4.21. The quantitative estimate of drug-likeness (QED) is 0.359. The Morgan fingerprint density at radius 2 is 1.72 bits per heavy atom. The number of nitrogens with zero attached hydrogens (tertiary/aromatic N) is 2. The predicted octanol–water partition coefficient (Wildman–Crippen LogP) is 6.33. The minimum Gasteiger partial charge on any atom is -0.480 e. The maximum Gasteiger partial charge on any atom is 0.321 e. The van der Waals surface area contributed by atoms with Crippen LogP contribution in [0.25, 0.3) is 21.0 Å². The van der Waals surface area contributed by atoms with E-state index in [2.05, 4.69) is 6.07 Å². The Bertz CT molecular complexity index is 1170. The van der Waals surface area contributed by atoms with Crippen LogP contribution in [0.5, 0.6) is 0 Å². The van der Waals surface area contributed by atoms with Crippen LogP contribution in [-0.4, -0.2) is 16.1 Å². The van der Waals surface area contributed by atoms with E-state index in [1.165, 1.54) is 0 Å². The second-order valence-corrected chi connectivity index (χ2v) is 9.04. The Kier molecular flexibility index (Phi) is 5.76. The van der Waals surface area contributed by atoms with Crippen LogP contribution in [0.2, 0.25) is 0 Å². The van der Waals surface area contributed by atoms with Crippen LogP contribution in [0.1, 0.15) is 16.4 Å². The smallest absolute Gasteiger partial charge is 0.321 e. The van der Waals surface area contributed by atoms with Crippen molar-refractivity contribution in [3.8, 4) is 27.1 Å². The van der Waals surface area contributed by atoms with E-state index < -0.39 is 11.2 Å². The van der Waals surface area contributed by atoms with Crippen molar-refractivity contribution < 1.29 is 9.90 Å². The number of benzene rings is 1. The van der Waals surface area contributed by atoms with Crippen LogP contribution < -0.4 is 0 Å². The normalized spacial score (nSPS) is 11.7. The number of carboxylic acid groups (broad SMARTS) is 1. The standard InChI is InChI=1S/C22H14N2O2S3/c23-13-16-15(18-8-4-10-27-18)12-17(19-9-5-11-28-19)24-21(16)29-20(22(25)26)14-6-2-1-3-7-14/h1-12,20H,(H,25,26)/t20-/m0/s1. The molecule has 0 fully saturated rings. The van der Waals surface area contributed by atoms with Crippen molar-refractivity contribution >= 4 is 40.4 Å². The number of carboxylic acids is 1. The van der Waals surface area contributed by atoms with Crippen molar-refractivity contribution in [2.75, 3.05) is 0 Å². The number of hydrogen-bond donors (Lipinski definition) is 1. The van der Waals surface area contributed by atoms with Gasteiger partial charge in [0.2, 0.25) is 0 Å². The molecule has 4 nitrogen and oxygen atoms in total. The summed E-state index contributed by atoms with van der Waals surface area (Å²) in [7, 11) is 0. The van der Waals surface area contributed by atoms with Gasteiger partial charge in [0.1, 0.15) is 16.3 Å². The zero-order valence-corrected chi connectivity index (χ0v) is 17.4. The van der Waals surface area contributed by atoms with Gasteiger partial charge in [-0.3, -0.25) is 4.79 Å². The number of pyridine rings is 1. The molecule has 4 aromatic rings. The van der Waals surface area contributed by atoms with E-state index in [1.54, 1.807) is 34.8 Å². The summed E-state index contributed by atoms with van der Waals surface area (Å²) in [6.45, 7) is 0. The second-order valence-electron chi connectivity index (χ2n) is 6.05. The SMILES string of the molecule is N#Cc1c(-c2cccs2)cc(-c2cccs2)nc1S[C@H](C(=O)O)c1ccccc1. The molecule has 7 heteroatoms. The Morgan fingerprint density at radius 1 is 1.03 bits per heavy atom. The summed E-state index contributed by atoms with van der Waals surface area (Å²) in [5.74, 6) is -0.967. The van der Waals surface area contributed by atoms with Gasteiger partial charge in [-0.1, -0.05) is 54.2 Å². The number of carbonyl (C=O) groups is 1. The zero-order valence-electron chi connectivity index (χ0n) is 15.0. The molecule has 142 valence electrons. The lowest BCUT2D eigenvalue weighted by molar-refractivity contribution is -0.136. The first-order valence-electron chi connectivity index (χ1n) is 8.64. The molecule has 3 heterocycles. The highest BCUT2D eigenvalue weighted by molar-refractivity contribution is 8.00. The first-order chi connectivity index (χ1) is 14.2. The van der Waals surface area contributed by atoms with E-state index in [1.807, 2.05) is 59.3 Å². The Labute approximate surface area is 180 Å². The summed E-state index contributed by atoms with van der Waals surface area (Å²) in [5.41, 5.74) is 2.58. The maximum atomic E-state index is 12.0. The molecule has 0 saturated carbocycles. The van der Waals surface area contributed by atoms with Crippen LogP contribution >= 0.6 is 34.4 Å². The second kappa shape index (κ2) is 8.62. The summed E-state index contributed by atoms with van der Waals surface area (Å²) < 4.78 is 0. The summed E-state index contributed by atoms with van der Waals surface area (Å²) in [4.78, 5) is 18.6. The molecule has 0 aliphatic carbocycles. The van der Waals surface area contributed by atoms with Gasteiger partial charge in [0.05, 0.1) is 16.1 Å². The predicted molar refractivity (Wildman–Crippen MR) is 118 cm³/mol. The molecule has 0 unspecified atom stereocenters. The number of hydrogen-bond acceptors (Lipinski definition) is 6. The van der Waals surface area contributed by atoms with E-state index >= 15 is 0 Å². The third-order valence-corrected chi connectivity index (χ3v) is 7.24. The van der Waals surface area contributed by atoms with Gasteiger partial charge in [-0.05, 0) is 34.5 Å². The number of aromatic nitrogens is 1. The van der Waals surface area contributed by atoms with Crippen molar-refractivity contribution in [2.24, 2.45) is 0 Å². The van der Waals surface area contributed by atoms with E-state index in [9.17, 15) is 15.2 Å². The largest absolute Gasteiger partial charge is 0.480 e. The maximum absolute atomic E-state index is 12.0. The fraction of sp³-hybridized carbons (Fsp3) is 0.0455. The number of thiophene rings is 2. The average molecular weight is 435 g/mol. The van der Waals surface area contributed by atoms with Gasteiger partial charge in [-0.15, -0.1) is 22.7 Å². The summed E-state index contributed by atoms with van der Waals surface area (Å²) in [5, 5.41) is 23.2. The molecule has 0 radical (unpaired) electrons. The van der Waals surface area contributed by atoms with Gasteiger partial charge in [-0.25, -0.2) is 4.98 Å². The van der Waals surface area contributed by atoms with E-state index in [0.717, 1.165) is 32.8 Å². The van der Waals surface area contributed by atoms with Gasteiger partial charge < -0.3 is 5.11 Å². The highest BCUT2D eigenvalue weighted by Crippen LogP contribution is 2.41. The highest BCUT2D eigenvalue weighted by Gasteiger charge is 2.25. The van der Waals surface area contributed by atoms with Crippen LogP contribution in [0.15, 0.2) is 76.4 Å². The fourth-order valence-corrected chi connectivity index (χ4v) is 5.37. The molecular formula is C22H14N2O2S3. The fourth-order valence-electron chi connectivity index (χ4n) is 2.89. The lowest BCUT2D eigenvalue weighted by Crippen LogP contribution is -2.09. The molecule has 0 aliphatic heterocycles. The average Bonchev–Trinajstić information content (AvgIpc) is 3.46. The first kappa shape index (κ1) is 19.4. The van der Waals surface area contributed by atoms with Crippen LogP contribution in [-0.2, 0) is 4.79 Å². The topological polar surface area (TPSA) is 74.0 Å². The van der Waals surface area contributed by atoms with Gasteiger partial charge in [-0.2, -0.15) is 5.26 Å². The minimum atomic E-state index is -0.967. The van der Waals surface area contributed by atoms with Crippen LogP contribution in [0.3, 0.4) is 0 Å². The molecule has 0 spiro atoms. The van der Waals surface area contributed by atoms with E-state index in [-0.39, 0.29) is 0 Å². The van der Waals surface area contributed by atoms with Gasteiger partial charge in [0.15, 0.2) is 0 Å². The van der Waals surface area contributed by atoms with Crippen molar-refractivity contribution in [2.45, 2.75) is 10.3 Å². The first-order valence-corrected chi connectivity index (χ1v) is 11.3. The monoisotopic (exact) mass is 434 g/mol. The molecule has 1 N–H and O–H groups in total.